The zero-order chi connectivity index (χ0) is 19.1. The lowest BCUT2D eigenvalue weighted by Gasteiger charge is -2.33. The molecule has 0 aromatic heterocycles. The van der Waals surface area contributed by atoms with Crippen LogP contribution in [-0.2, 0) is 17.4 Å². The van der Waals surface area contributed by atoms with Gasteiger partial charge >= 0.3 is 6.18 Å². The van der Waals surface area contributed by atoms with E-state index in [1.165, 1.54) is 0 Å². The summed E-state index contributed by atoms with van der Waals surface area (Å²) in [5.41, 5.74) is -0.503. The first-order valence-corrected chi connectivity index (χ1v) is 9.46. The highest BCUT2D eigenvalue weighted by molar-refractivity contribution is 6.36. The predicted octanol–water partition coefficient (Wildman–Crippen LogP) is 4.71. The Bertz CT molecular complexity index is 664. The van der Waals surface area contributed by atoms with Crippen molar-refractivity contribution in [3.63, 3.8) is 0 Å². The Morgan fingerprint density at radius 1 is 1.08 bits per heavy atom. The van der Waals surface area contributed by atoms with Gasteiger partial charge < -0.3 is 10.0 Å². The maximum absolute atomic E-state index is 12.8. The number of benzene rings is 1. The quantitative estimate of drug-likeness (QED) is 0.785. The van der Waals surface area contributed by atoms with Gasteiger partial charge in [-0.1, -0.05) is 23.2 Å². The number of hydrogen-bond donors (Lipinski definition) is 1. The number of halogens is 5. The van der Waals surface area contributed by atoms with Crippen molar-refractivity contribution in [2.75, 3.05) is 6.54 Å². The number of alkyl halides is 3. The molecule has 1 aromatic rings. The lowest BCUT2D eigenvalue weighted by atomic mass is 9.92. The number of aliphatic hydroxyl groups is 1. The number of rotatable bonds is 3. The van der Waals surface area contributed by atoms with E-state index >= 15 is 0 Å². The standard InChI is InChI=1S/C18H20Cl2F3NO2/c19-15-8-11(18(21,22)23)9-16(20)14(15)7-10-5-6-24(17(10)26)12-1-3-13(25)4-2-12/h8-10,12-13,25H,1-7H2. The second kappa shape index (κ2) is 7.56. The summed E-state index contributed by atoms with van der Waals surface area (Å²) in [6.45, 7) is 0.625. The van der Waals surface area contributed by atoms with Crippen molar-refractivity contribution in [2.24, 2.45) is 5.92 Å². The largest absolute Gasteiger partial charge is 0.416 e. The van der Waals surface area contributed by atoms with Crippen LogP contribution >= 0.6 is 23.2 Å². The molecule has 1 N–H and O–H groups in total. The predicted molar refractivity (Wildman–Crippen MR) is 93.3 cm³/mol. The van der Waals surface area contributed by atoms with Crippen LogP contribution in [0.1, 0.15) is 43.2 Å². The first-order chi connectivity index (χ1) is 12.2. The molecule has 0 spiro atoms. The fourth-order valence-electron chi connectivity index (χ4n) is 3.89. The third-order valence-electron chi connectivity index (χ3n) is 5.38. The lowest BCUT2D eigenvalue weighted by Crippen LogP contribution is -2.41. The first kappa shape index (κ1) is 19.8. The highest BCUT2D eigenvalue weighted by Crippen LogP contribution is 2.38. The van der Waals surface area contributed by atoms with Gasteiger partial charge in [-0.25, -0.2) is 0 Å². The van der Waals surface area contributed by atoms with E-state index in [2.05, 4.69) is 0 Å². The summed E-state index contributed by atoms with van der Waals surface area (Å²) in [6.07, 6.45) is -0.998. The number of aliphatic hydroxyl groups excluding tert-OH is 1. The van der Waals surface area contributed by atoms with Crippen LogP contribution in [0.4, 0.5) is 13.2 Å². The topological polar surface area (TPSA) is 40.5 Å². The second-order valence-corrected chi connectivity index (χ2v) is 7.91. The number of amides is 1. The van der Waals surface area contributed by atoms with Crippen LogP contribution in [0.3, 0.4) is 0 Å². The Balaban J connectivity index is 1.71. The van der Waals surface area contributed by atoms with Crippen LogP contribution in [0.5, 0.6) is 0 Å². The van der Waals surface area contributed by atoms with Crippen LogP contribution < -0.4 is 0 Å². The van der Waals surface area contributed by atoms with Crippen molar-refractivity contribution in [1.82, 2.24) is 4.90 Å². The molecule has 1 amide bonds. The van der Waals surface area contributed by atoms with Crippen molar-refractivity contribution in [2.45, 2.75) is 56.8 Å². The highest BCUT2D eigenvalue weighted by Gasteiger charge is 2.38. The Hall–Kier alpha value is -0.980. The summed E-state index contributed by atoms with van der Waals surface area (Å²) >= 11 is 12.1. The smallest absolute Gasteiger partial charge is 0.393 e. The molecule has 1 atom stereocenters. The maximum Gasteiger partial charge on any atom is 0.416 e. The third-order valence-corrected chi connectivity index (χ3v) is 6.05. The molecule has 2 fully saturated rings. The number of nitrogens with zero attached hydrogens (tertiary/aromatic N) is 1. The molecule has 1 aromatic carbocycles. The zero-order valence-electron chi connectivity index (χ0n) is 14.0. The average Bonchev–Trinajstić information content (AvgIpc) is 2.91. The minimum absolute atomic E-state index is 0.00146. The van der Waals surface area contributed by atoms with Crippen molar-refractivity contribution >= 4 is 29.1 Å². The van der Waals surface area contributed by atoms with E-state index in [9.17, 15) is 23.1 Å². The normalized spacial score (nSPS) is 27.2. The van der Waals surface area contributed by atoms with E-state index in [4.69, 9.17) is 23.2 Å². The number of likely N-dealkylation sites (tertiary alicyclic amines) is 1. The van der Waals surface area contributed by atoms with Crippen LogP contribution in [-0.4, -0.2) is 34.6 Å². The first-order valence-electron chi connectivity index (χ1n) is 8.70. The van der Waals surface area contributed by atoms with Crippen LogP contribution in [0.15, 0.2) is 12.1 Å². The molecule has 144 valence electrons. The summed E-state index contributed by atoms with van der Waals surface area (Å²) in [5.74, 6) is -0.327. The fraction of sp³-hybridized carbons (Fsp3) is 0.611. The van der Waals surface area contributed by atoms with Gasteiger partial charge in [-0.2, -0.15) is 13.2 Å². The second-order valence-electron chi connectivity index (χ2n) is 7.10. The molecule has 1 heterocycles. The molecular weight excluding hydrogens is 390 g/mol. The summed E-state index contributed by atoms with van der Waals surface area (Å²) in [6, 6.07) is 1.86. The number of hydrogen-bond acceptors (Lipinski definition) is 2. The molecule has 0 bridgehead atoms. The molecule has 3 rings (SSSR count). The summed E-state index contributed by atoms with van der Waals surface area (Å²) in [7, 11) is 0. The van der Waals surface area contributed by atoms with Gasteiger partial charge in [0.1, 0.15) is 0 Å². The molecule has 0 radical (unpaired) electrons. The molecule has 1 unspecified atom stereocenters. The van der Waals surface area contributed by atoms with Crippen LogP contribution in [0.25, 0.3) is 0 Å². The molecule has 1 aliphatic carbocycles. The van der Waals surface area contributed by atoms with Gasteiger partial charge in [0.25, 0.3) is 0 Å². The monoisotopic (exact) mass is 409 g/mol. The fourth-order valence-corrected chi connectivity index (χ4v) is 4.53. The third kappa shape index (κ3) is 4.12. The van der Waals surface area contributed by atoms with Crippen LogP contribution in [0, 0.1) is 5.92 Å². The van der Waals surface area contributed by atoms with E-state index in [1.54, 1.807) is 0 Å². The van der Waals surface area contributed by atoms with Gasteiger partial charge in [0, 0.05) is 28.5 Å². The van der Waals surface area contributed by atoms with Crippen molar-refractivity contribution in [3.8, 4) is 0 Å². The SMILES string of the molecule is O=C1C(Cc2c(Cl)cc(C(F)(F)F)cc2Cl)CCN1C1CCC(O)CC1. The van der Waals surface area contributed by atoms with Crippen molar-refractivity contribution < 1.29 is 23.1 Å². The van der Waals surface area contributed by atoms with E-state index in [0.717, 1.165) is 25.0 Å². The number of carbonyl (C=O) groups excluding carboxylic acids is 1. The van der Waals surface area contributed by atoms with Crippen LogP contribution in [0.2, 0.25) is 10.0 Å². The maximum atomic E-state index is 12.8. The molecular formula is C18H20Cl2F3NO2. The number of carbonyl (C=O) groups is 1. The molecule has 1 saturated carbocycles. The van der Waals surface area contributed by atoms with Gasteiger partial charge in [-0.05, 0) is 56.2 Å². The minimum atomic E-state index is -4.52. The molecule has 1 saturated heterocycles. The molecule has 3 nitrogen and oxygen atoms in total. The lowest BCUT2D eigenvalue weighted by molar-refractivity contribution is -0.137. The Kier molecular flexibility index (Phi) is 5.75. The highest BCUT2D eigenvalue weighted by atomic mass is 35.5. The molecule has 2 aliphatic rings. The van der Waals surface area contributed by atoms with E-state index in [-0.39, 0.29) is 40.4 Å². The molecule has 26 heavy (non-hydrogen) atoms. The summed E-state index contributed by atoms with van der Waals surface area (Å²) < 4.78 is 38.5. The Labute approximate surface area is 160 Å². The zero-order valence-corrected chi connectivity index (χ0v) is 15.5. The van der Waals surface area contributed by atoms with Crippen molar-refractivity contribution in [3.05, 3.63) is 33.3 Å². The van der Waals surface area contributed by atoms with Gasteiger partial charge in [-0.15, -0.1) is 0 Å². The summed E-state index contributed by atoms with van der Waals surface area (Å²) in [4.78, 5) is 14.6. The van der Waals surface area contributed by atoms with E-state index in [0.29, 0.717) is 31.4 Å². The molecule has 8 heteroatoms. The van der Waals surface area contributed by atoms with Crippen molar-refractivity contribution in [1.29, 1.82) is 0 Å². The Morgan fingerprint density at radius 2 is 1.65 bits per heavy atom. The Morgan fingerprint density at radius 3 is 2.19 bits per heavy atom. The van der Waals surface area contributed by atoms with Gasteiger partial charge in [0.05, 0.1) is 11.7 Å². The molecule has 1 aliphatic heterocycles. The summed E-state index contributed by atoms with van der Waals surface area (Å²) in [5, 5.41) is 9.49. The van der Waals surface area contributed by atoms with Gasteiger partial charge in [0.15, 0.2) is 0 Å². The minimum Gasteiger partial charge on any atom is -0.393 e. The van der Waals surface area contributed by atoms with Gasteiger partial charge in [0.2, 0.25) is 5.91 Å². The van der Waals surface area contributed by atoms with E-state index in [1.807, 2.05) is 4.90 Å². The average molecular weight is 410 g/mol. The van der Waals surface area contributed by atoms with Gasteiger partial charge in [-0.3, -0.25) is 4.79 Å². The van der Waals surface area contributed by atoms with E-state index < -0.39 is 11.7 Å².